The van der Waals surface area contributed by atoms with E-state index in [0.29, 0.717) is 6.54 Å². The normalized spacial score (nSPS) is 15.4. The van der Waals surface area contributed by atoms with E-state index in [9.17, 15) is 0 Å². The molecule has 0 saturated heterocycles. The summed E-state index contributed by atoms with van der Waals surface area (Å²) in [5, 5.41) is 4.20. The number of nitrogens with zero attached hydrogens (tertiary/aromatic N) is 3. The number of allylic oxidation sites excluding steroid dienone is 6. The van der Waals surface area contributed by atoms with Gasteiger partial charge in [0.2, 0.25) is 0 Å². The number of halogens is 4. The second kappa shape index (κ2) is 18.8. The third-order valence-corrected chi connectivity index (χ3v) is 19.4. The first kappa shape index (κ1) is 50.7. The maximum Gasteiger partial charge on any atom is 0.540 e. The summed E-state index contributed by atoms with van der Waals surface area (Å²) >= 11 is 28.6. The van der Waals surface area contributed by atoms with E-state index >= 15 is 0 Å². The Morgan fingerprint density at radius 3 is 1.71 bits per heavy atom. The molecule has 7 aromatic carbocycles. The second-order valence-corrected chi connectivity index (χ2v) is 26.5. The minimum absolute atomic E-state index is 0.0570. The van der Waals surface area contributed by atoms with Gasteiger partial charge in [0, 0.05) is 34.7 Å². The van der Waals surface area contributed by atoms with E-state index in [1.807, 2.05) is 6.08 Å². The Bertz CT molecular complexity index is 3390. The zero-order valence-corrected chi connectivity index (χ0v) is 47.2. The highest BCUT2D eigenvalue weighted by molar-refractivity contribution is 6.99. The van der Waals surface area contributed by atoms with Crippen LogP contribution in [0.5, 0.6) is 11.5 Å². The molecular weight excluding hydrogens is 1000 g/mol. The quantitative estimate of drug-likeness (QED) is 0.0655. The fourth-order valence-corrected chi connectivity index (χ4v) is 15.3. The minimum atomic E-state index is -4.29. The Morgan fingerprint density at radius 2 is 1.18 bits per heavy atom. The molecule has 2 heterocycles. The highest BCUT2D eigenvalue weighted by atomic mass is 35.5. The van der Waals surface area contributed by atoms with Gasteiger partial charge in [0.05, 0.1) is 43.2 Å². The average molecular weight is 1060 g/mol. The van der Waals surface area contributed by atoms with Crippen molar-refractivity contribution in [2.75, 3.05) is 21.2 Å². The SMILES string of the molecule is C=CCN(c1ccc(C(C)(C)C)cc1)c1cc2ccccc2c2c1[Si]1(Oc3c(Cl)c(Cl)c(Cl)c(Cl)c3O1)c1c(N(/C(C)=C3\C=CC=CC3)c3ccc(C(C)(C)C)cc3)cccc1N2c1ccc(C(C)(C)C)cc1. The predicted octanol–water partition coefficient (Wildman–Crippen LogP) is 18.4. The van der Waals surface area contributed by atoms with Crippen molar-refractivity contribution in [2.24, 2.45) is 0 Å². The monoisotopic (exact) mass is 1060 g/mol. The summed E-state index contributed by atoms with van der Waals surface area (Å²) in [6.45, 7) is 27.2. The van der Waals surface area contributed by atoms with Crippen LogP contribution in [0.2, 0.25) is 20.1 Å². The van der Waals surface area contributed by atoms with Crippen LogP contribution in [0.4, 0.5) is 39.8 Å². The molecule has 1 aliphatic carbocycles. The van der Waals surface area contributed by atoms with E-state index < -0.39 is 8.56 Å². The van der Waals surface area contributed by atoms with E-state index in [1.165, 1.54) is 22.3 Å². The van der Waals surface area contributed by atoms with Crippen LogP contribution < -0.4 is 33.9 Å². The Hall–Kier alpha value is -5.86. The Labute approximate surface area is 452 Å². The number of fused-ring (bicyclic) bond motifs is 7. The molecule has 73 heavy (non-hydrogen) atoms. The van der Waals surface area contributed by atoms with Crippen molar-refractivity contribution in [2.45, 2.75) is 91.9 Å². The Balaban J connectivity index is 1.39. The number of benzene rings is 7. The summed E-state index contributed by atoms with van der Waals surface area (Å²) in [4.78, 5) is 7.10. The van der Waals surface area contributed by atoms with Crippen LogP contribution in [0.25, 0.3) is 10.8 Å². The second-order valence-electron chi connectivity index (χ2n) is 22.3. The summed E-state index contributed by atoms with van der Waals surface area (Å²) in [5.74, 6) is 0.505. The van der Waals surface area contributed by atoms with E-state index in [0.717, 1.165) is 73.1 Å². The molecule has 0 aromatic heterocycles. The van der Waals surface area contributed by atoms with Gasteiger partial charge < -0.3 is 23.6 Å². The topological polar surface area (TPSA) is 28.2 Å². The lowest BCUT2D eigenvalue weighted by atomic mass is 9.87. The highest BCUT2D eigenvalue weighted by Crippen LogP contribution is 2.58. The Morgan fingerprint density at radius 1 is 0.630 bits per heavy atom. The van der Waals surface area contributed by atoms with E-state index in [2.05, 4.69) is 236 Å². The van der Waals surface area contributed by atoms with E-state index in [-0.39, 0.29) is 47.8 Å². The third kappa shape index (κ3) is 8.77. The van der Waals surface area contributed by atoms with E-state index in [1.54, 1.807) is 0 Å². The van der Waals surface area contributed by atoms with Crippen LogP contribution in [-0.4, -0.2) is 15.1 Å². The molecule has 1 spiro atoms. The smallest absolute Gasteiger partial charge is 0.501 e. The molecule has 10 rings (SSSR count). The number of hydrogen-bond acceptors (Lipinski definition) is 5. The fraction of sp³-hybridized carbons (Fsp3) is 0.238. The van der Waals surface area contributed by atoms with Crippen LogP contribution in [0.3, 0.4) is 0 Å². The van der Waals surface area contributed by atoms with Gasteiger partial charge in [-0.15, -0.1) is 6.58 Å². The van der Waals surface area contributed by atoms with Gasteiger partial charge in [0.15, 0.2) is 11.5 Å². The number of hydrogen-bond donors (Lipinski definition) is 0. The summed E-state index contributed by atoms with van der Waals surface area (Å²) in [5.41, 5.74) is 12.2. The first-order chi connectivity index (χ1) is 34.6. The lowest BCUT2D eigenvalue weighted by molar-refractivity contribution is 0.494. The molecule has 2 aliphatic heterocycles. The van der Waals surface area contributed by atoms with Crippen LogP contribution >= 0.6 is 46.4 Å². The number of rotatable bonds is 8. The van der Waals surface area contributed by atoms with Crippen molar-refractivity contribution in [1.29, 1.82) is 0 Å². The molecule has 0 saturated carbocycles. The van der Waals surface area contributed by atoms with Crippen LogP contribution in [0, 0.1) is 0 Å². The van der Waals surface area contributed by atoms with Gasteiger partial charge in [0.25, 0.3) is 0 Å². The maximum absolute atomic E-state index is 7.83. The zero-order chi connectivity index (χ0) is 51.9. The molecule has 7 aromatic rings. The van der Waals surface area contributed by atoms with Crippen molar-refractivity contribution in [1.82, 2.24) is 0 Å². The molecule has 5 nitrogen and oxygen atoms in total. The van der Waals surface area contributed by atoms with Gasteiger partial charge in [-0.25, -0.2) is 0 Å². The largest absolute Gasteiger partial charge is 0.540 e. The van der Waals surface area contributed by atoms with Gasteiger partial charge in [-0.1, -0.05) is 206 Å². The molecule has 372 valence electrons. The summed E-state index contributed by atoms with van der Waals surface area (Å²) in [6, 6.07) is 44.1. The van der Waals surface area contributed by atoms with Gasteiger partial charge in [-0.2, -0.15) is 0 Å². The summed E-state index contributed by atoms with van der Waals surface area (Å²) in [6.07, 6.45) is 11.3. The minimum Gasteiger partial charge on any atom is -0.501 e. The molecule has 0 bridgehead atoms. The van der Waals surface area contributed by atoms with Gasteiger partial charge in [-0.05, 0) is 112 Å². The Kier molecular flexibility index (Phi) is 13.1. The number of anilines is 7. The molecule has 0 atom stereocenters. The molecule has 3 aliphatic rings. The zero-order valence-electron chi connectivity index (χ0n) is 43.2. The first-order valence-corrected chi connectivity index (χ1v) is 28.2. The lowest BCUT2D eigenvalue weighted by Gasteiger charge is -2.44. The molecular formula is C63H61Cl4N3O2Si. The summed E-state index contributed by atoms with van der Waals surface area (Å²) in [7, 11) is -4.29. The predicted molar refractivity (Wildman–Crippen MR) is 315 cm³/mol. The fourth-order valence-electron chi connectivity index (χ4n) is 10.4. The molecule has 0 N–H and O–H groups in total. The van der Waals surface area contributed by atoms with Crippen LogP contribution in [0.1, 0.15) is 92.3 Å². The van der Waals surface area contributed by atoms with Crippen molar-refractivity contribution in [3.05, 3.63) is 206 Å². The van der Waals surface area contributed by atoms with Crippen molar-refractivity contribution in [3.63, 3.8) is 0 Å². The molecule has 0 fully saturated rings. The lowest BCUT2D eigenvalue weighted by Crippen LogP contribution is -2.71. The van der Waals surface area contributed by atoms with Crippen molar-refractivity contribution >= 4 is 116 Å². The van der Waals surface area contributed by atoms with E-state index in [4.69, 9.17) is 55.3 Å². The first-order valence-electron chi connectivity index (χ1n) is 24.9. The molecule has 0 amide bonds. The molecule has 0 radical (unpaired) electrons. The van der Waals surface area contributed by atoms with Gasteiger partial charge >= 0.3 is 8.56 Å². The molecule has 10 heteroatoms. The molecule has 0 unspecified atom stereocenters. The van der Waals surface area contributed by atoms with Crippen molar-refractivity contribution in [3.8, 4) is 11.5 Å². The van der Waals surface area contributed by atoms with Crippen LogP contribution in [-0.2, 0) is 16.2 Å². The average Bonchev–Trinajstić information content (AvgIpc) is 3.77. The maximum atomic E-state index is 7.83. The third-order valence-electron chi connectivity index (χ3n) is 14.4. The summed E-state index contributed by atoms with van der Waals surface area (Å²) < 4.78 is 15.7. The van der Waals surface area contributed by atoms with Crippen molar-refractivity contribution < 1.29 is 8.85 Å². The van der Waals surface area contributed by atoms with Crippen LogP contribution in [0.15, 0.2) is 170 Å². The van der Waals surface area contributed by atoms with Gasteiger partial charge in [0.1, 0.15) is 10.0 Å². The highest BCUT2D eigenvalue weighted by Gasteiger charge is 2.63. The standard InChI is InChI=1S/C63H61Cl4N3O2Si/c1-12-37-68(45-31-25-42(26-32-45)61(3,4)5)51-38-41-21-16-17-22-48(41)56-60(51)73(71-57-54(66)52(64)53(65)55(67)58(57)72-73)59-49(23-18-24-50(59)70(56)47-35-29-44(30-36-47)63(9,10)11)69(39(2)40-19-14-13-15-20-40)46-33-27-43(28-34-46)62(6,7)8/h12-19,21-36,38H,1,20,37H2,2-11H3/b40-39+. The van der Waals surface area contributed by atoms with Gasteiger partial charge in [-0.3, -0.25) is 0 Å².